The van der Waals surface area contributed by atoms with E-state index in [-0.39, 0.29) is 12.3 Å². The van der Waals surface area contributed by atoms with Crippen LogP contribution in [0.3, 0.4) is 0 Å². The number of rotatable bonds is 6. The quantitative estimate of drug-likeness (QED) is 0.565. The van der Waals surface area contributed by atoms with E-state index in [2.05, 4.69) is 10.6 Å². The van der Waals surface area contributed by atoms with Gasteiger partial charge in [0.25, 0.3) is 0 Å². The highest BCUT2D eigenvalue weighted by Crippen LogP contribution is 2.38. The fourth-order valence-electron chi connectivity index (χ4n) is 2.86. The molecule has 7 heteroatoms. The van der Waals surface area contributed by atoms with Crippen LogP contribution in [0.25, 0.3) is 0 Å². The molecule has 0 aromatic rings. The van der Waals surface area contributed by atoms with Gasteiger partial charge in [0, 0.05) is 13.3 Å². The zero-order valence-corrected chi connectivity index (χ0v) is 12.8. The highest BCUT2D eigenvalue weighted by atomic mass is 16.5. The third-order valence-electron chi connectivity index (χ3n) is 3.80. The lowest BCUT2D eigenvalue weighted by molar-refractivity contribution is -0.158. The molecule has 0 aromatic carbocycles. The standard InChI is InChI=1S/C14H22N2O5/c1-5-6-8(2)14(7-9(3)21-10(4)17)11(18)15-13(20)16-12(14)19/h8-9H,5-7H2,1-4H3,(H2,15,16,18,19,20)/t8-,9-/m1/s1. The number of hydrogen-bond acceptors (Lipinski definition) is 5. The average molecular weight is 298 g/mol. The van der Waals surface area contributed by atoms with Crippen molar-refractivity contribution in [3.05, 3.63) is 0 Å². The highest BCUT2D eigenvalue weighted by molar-refractivity contribution is 6.19. The Kier molecular flexibility index (Phi) is 5.46. The summed E-state index contributed by atoms with van der Waals surface area (Å²) in [5.74, 6) is -2.02. The van der Waals surface area contributed by atoms with Gasteiger partial charge in [-0.3, -0.25) is 25.0 Å². The fourth-order valence-corrected chi connectivity index (χ4v) is 2.86. The van der Waals surface area contributed by atoms with Crippen molar-refractivity contribution in [2.24, 2.45) is 11.3 Å². The second kappa shape index (κ2) is 6.69. The van der Waals surface area contributed by atoms with Crippen LogP contribution in [0, 0.1) is 11.3 Å². The van der Waals surface area contributed by atoms with E-state index in [0.717, 1.165) is 6.42 Å². The zero-order chi connectivity index (χ0) is 16.2. The normalized spacial score (nSPS) is 20.3. The maximum absolute atomic E-state index is 12.3. The number of hydrogen-bond donors (Lipinski definition) is 2. The fraction of sp³-hybridized carbons (Fsp3) is 0.714. The summed E-state index contributed by atoms with van der Waals surface area (Å²) < 4.78 is 5.05. The molecule has 2 N–H and O–H groups in total. The molecule has 1 aliphatic rings. The smallest absolute Gasteiger partial charge is 0.328 e. The van der Waals surface area contributed by atoms with Crippen molar-refractivity contribution >= 4 is 23.8 Å². The molecular formula is C14H22N2O5. The molecule has 1 fully saturated rings. The van der Waals surface area contributed by atoms with Crippen molar-refractivity contribution in [3.8, 4) is 0 Å². The molecule has 1 heterocycles. The third kappa shape index (κ3) is 3.59. The van der Waals surface area contributed by atoms with Crippen LogP contribution in [-0.2, 0) is 19.1 Å². The zero-order valence-electron chi connectivity index (χ0n) is 12.8. The predicted octanol–water partition coefficient (Wildman–Crippen LogP) is 1.12. The molecule has 2 atom stereocenters. The maximum atomic E-state index is 12.3. The van der Waals surface area contributed by atoms with Gasteiger partial charge in [-0.05, 0) is 19.3 Å². The molecule has 0 radical (unpaired) electrons. The first-order valence-electron chi connectivity index (χ1n) is 7.08. The molecule has 21 heavy (non-hydrogen) atoms. The summed E-state index contributed by atoms with van der Waals surface area (Å²) in [7, 11) is 0. The first kappa shape index (κ1) is 17.1. The molecule has 0 spiro atoms. The minimum atomic E-state index is -1.40. The number of urea groups is 1. The van der Waals surface area contributed by atoms with E-state index in [4.69, 9.17) is 4.74 Å². The molecule has 4 amide bonds. The number of carbonyl (C=O) groups is 4. The Morgan fingerprint density at radius 3 is 2.14 bits per heavy atom. The minimum absolute atomic E-state index is 0.0404. The van der Waals surface area contributed by atoms with Crippen LogP contribution >= 0.6 is 0 Å². The van der Waals surface area contributed by atoms with Gasteiger partial charge >= 0.3 is 12.0 Å². The van der Waals surface area contributed by atoms with Gasteiger partial charge in [-0.2, -0.15) is 0 Å². The average Bonchev–Trinajstić information content (AvgIpc) is 2.33. The van der Waals surface area contributed by atoms with Crippen molar-refractivity contribution in [2.75, 3.05) is 0 Å². The number of nitrogens with one attached hydrogen (secondary N) is 2. The van der Waals surface area contributed by atoms with E-state index >= 15 is 0 Å². The molecule has 0 aliphatic carbocycles. The molecule has 0 unspecified atom stereocenters. The Labute approximate surface area is 123 Å². The Bertz CT molecular complexity index is 440. The number of carbonyl (C=O) groups excluding carboxylic acids is 4. The summed E-state index contributed by atoms with van der Waals surface area (Å²) in [6, 6.07) is -0.815. The van der Waals surface area contributed by atoms with Gasteiger partial charge in [0.2, 0.25) is 11.8 Å². The number of ether oxygens (including phenoxy) is 1. The van der Waals surface area contributed by atoms with Crippen molar-refractivity contribution in [3.63, 3.8) is 0 Å². The number of esters is 1. The molecule has 0 saturated carbocycles. The van der Waals surface area contributed by atoms with E-state index in [1.165, 1.54) is 6.92 Å². The summed E-state index contributed by atoms with van der Waals surface area (Å²) in [6.07, 6.45) is 0.867. The monoisotopic (exact) mass is 298 g/mol. The Hall–Kier alpha value is -1.92. The molecular weight excluding hydrogens is 276 g/mol. The maximum Gasteiger partial charge on any atom is 0.328 e. The largest absolute Gasteiger partial charge is 0.463 e. The SMILES string of the molecule is CCC[C@@H](C)C1(C[C@@H](C)OC(C)=O)C(=O)NC(=O)NC1=O. The van der Waals surface area contributed by atoms with Gasteiger partial charge in [0.05, 0.1) is 0 Å². The summed E-state index contributed by atoms with van der Waals surface area (Å²) in [5, 5.41) is 4.30. The Morgan fingerprint density at radius 2 is 1.71 bits per heavy atom. The topological polar surface area (TPSA) is 102 Å². The van der Waals surface area contributed by atoms with Crippen LogP contribution in [0.1, 0.15) is 47.0 Å². The van der Waals surface area contributed by atoms with Gasteiger partial charge in [-0.1, -0.05) is 20.3 Å². The van der Waals surface area contributed by atoms with Gasteiger partial charge in [0.1, 0.15) is 11.5 Å². The van der Waals surface area contributed by atoms with Gasteiger partial charge in [0.15, 0.2) is 0 Å². The van der Waals surface area contributed by atoms with E-state index in [9.17, 15) is 19.2 Å². The highest BCUT2D eigenvalue weighted by Gasteiger charge is 2.54. The third-order valence-corrected chi connectivity index (χ3v) is 3.80. The van der Waals surface area contributed by atoms with Crippen molar-refractivity contribution in [1.82, 2.24) is 10.6 Å². The molecule has 1 rings (SSSR count). The lowest BCUT2D eigenvalue weighted by Crippen LogP contribution is -2.65. The van der Waals surface area contributed by atoms with Gasteiger partial charge in [-0.15, -0.1) is 0 Å². The second-order valence-electron chi connectivity index (χ2n) is 5.52. The molecule has 1 saturated heterocycles. The lowest BCUT2D eigenvalue weighted by atomic mass is 9.68. The summed E-state index contributed by atoms with van der Waals surface area (Å²) in [5.41, 5.74) is -1.40. The number of imide groups is 2. The molecule has 0 bridgehead atoms. The molecule has 118 valence electrons. The van der Waals surface area contributed by atoms with Gasteiger partial charge < -0.3 is 4.74 Å². The summed E-state index contributed by atoms with van der Waals surface area (Å²) >= 11 is 0. The van der Waals surface area contributed by atoms with Crippen LogP contribution in [0.2, 0.25) is 0 Å². The van der Waals surface area contributed by atoms with Crippen molar-refractivity contribution in [2.45, 2.75) is 53.1 Å². The van der Waals surface area contributed by atoms with Crippen LogP contribution in [-0.4, -0.2) is 29.9 Å². The van der Waals surface area contributed by atoms with Crippen molar-refractivity contribution in [1.29, 1.82) is 0 Å². The first-order valence-corrected chi connectivity index (χ1v) is 7.08. The molecule has 0 aromatic heterocycles. The number of amides is 4. The van der Waals surface area contributed by atoms with E-state index in [1.807, 2.05) is 6.92 Å². The number of barbiturate groups is 1. The summed E-state index contributed by atoms with van der Waals surface area (Å²) in [6.45, 7) is 6.63. The Morgan fingerprint density at radius 1 is 1.19 bits per heavy atom. The van der Waals surface area contributed by atoms with Crippen LogP contribution < -0.4 is 10.6 Å². The van der Waals surface area contributed by atoms with E-state index in [0.29, 0.717) is 6.42 Å². The Balaban J connectivity index is 3.10. The first-order chi connectivity index (χ1) is 9.73. The van der Waals surface area contributed by atoms with Gasteiger partial charge in [-0.25, -0.2) is 4.79 Å². The van der Waals surface area contributed by atoms with Crippen LogP contribution in [0.15, 0.2) is 0 Å². The van der Waals surface area contributed by atoms with Crippen LogP contribution in [0.4, 0.5) is 4.79 Å². The predicted molar refractivity (Wildman–Crippen MR) is 74.0 cm³/mol. The summed E-state index contributed by atoms with van der Waals surface area (Å²) in [4.78, 5) is 47.0. The van der Waals surface area contributed by atoms with E-state index < -0.39 is 35.3 Å². The molecule has 1 aliphatic heterocycles. The molecule has 7 nitrogen and oxygen atoms in total. The van der Waals surface area contributed by atoms with Crippen molar-refractivity contribution < 1.29 is 23.9 Å². The van der Waals surface area contributed by atoms with E-state index in [1.54, 1.807) is 13.8 Å². The minimum Gasteiger partial charge on any atom is -0.463 e. The second-order valence-corrected chi connectivity index (χ2v) is 5.52. The van der Waals surface area contributed by atoms with Crippen LogP contribution in [0.5, 0.6) is 0 Å². The lowest BCUT2D eigenvalue weighted by Gasteiger charge is -2.39.